The van der Waals surface area contributed by atoms with Crippen molar-refractivity contribution in [2.24, 2.45) is 0 Å². The summed E-state index contributed by atoms with van der Waals surface area (Å²) >= 11 is 0. The highest BCUT2D eigenvalue weighted by Gasteiger charge is 2.50. The predicted molar refractivity (Wildman–Crippen MR) is 74.2 cm³/mol. The van der Waals surface area contributed by atoms with E-state index in [9.17, 15) is 10.1 Å². The Morgan fingerprint density at radius 2 is 1.74 bits per heavy atom. The Morgan fingerprint density at radius 1 is 1.11 bits per heavy atom. The lowest BCUT2D eigenvalue weighted by atomic mass is 10.0. The molecular weight excluding hydrogens is 240 g/mol. The van der Waals surface area contributed by atoms with Crippen molar-refractivity contribution >= 4 is 11.4 Å². The molecule has 1 saturated heterocycles. The topological polar surface area (TPSA) is 46.1 Å². The average Bonchev–Trinajstić information content (AvgIpc) is 3.13. The van der Waals surface area contributed by atoms with Crippen LogP contribution >= 0.6 is 0 Å². The van der Waals surface area contributed by atoms with Gasteiger partial charge in [-0.25, -0.2) is 0 Å². The molecule has 3 rings (SSSR count). The quantitative estimate of drug-likeness (QED) is 0.479. The van der Waals surface area contributed by atoms with Gasteiger partial charge in [-0.3, -0.25) is 10.1 Å². The van der Waals surface area contributed by atoms with E-state index in [1.54, 1.807) is 12.1 Å². The molecule has 1 fully saturated rings. The Labute approximate surface area is 111 Å². The van der Waals surface area contributed by atoms with Crippen LogP contribution < -0.4 is 4.90 Å². The van der Waals surface area contributed by atoms with E-state index >= 15 is 0 Å². The highest BCUT2D eigenvalue weighted by Crippen LogP contribution is 2.48. The van der Waals surface area contributed by atoms with Gasteiger partial charge in [-0.05, 0) is 18.6 Å². The first kappa shape index (κ1) is 11.7. The molecule has 4 nitrogen and oxygen atoms in total. The van der Waals surface area contributed by atoms with Crippen LogP contribution in [-0.2, 0) is 5.54 Å². The van der Waals surface area contributed by atoms with E-state index in [1.165, 1.54) is 5.56 Å². The summed E-state index contributed by atoms with van der Waals surface area (Å²) in [5, 5.41) is 11.1. The van der Waals surface area contributed by atoms with Crippen LogP contribution in [0.25, 0.3) is 0 Å². The standard InChI is InChI=1S/C15H14N2O2/c1-15(12-7-3-2-4-8-12)11-16(15)13-9-5-6-10-14(13)17(18)19/h2-10H,11H2,1H3. The SMILES string of the molecule is CC1(c2ccccc2)CN1c1ccccc1[N+](=O)[O-]. The molecule has 2 aromatic rings. The van der Waals surface area contributed by atoms with Crippen molar-refractivity contribution in [3.63, 3.8) is 0 Å². The van der Waals surface area contributed by atoms with Crippen LogP contribution in [0.3, 0.4) is 0 Å². The Bertz CT molecular complexity index is 627. The Kier molecular flexibility index (Phi) is 2.52. The van der Waals surface area contributed by atoms with Crippen molar-refractivity contribution in [1.82, 2.24) is 0 Å². The minimum atomic E-state index is -0.320. The summed E-state index contributed by atoms with van der Waals surface area (Å²) in [6.07, 6.45) is 0. The molecule has 0 amide bonds. The maximum atomic E-state index is 11.1. The fourth-order valence-corrected chi connectivity index (χ4v) is 2.51. The van der Waals surface area contributed by atoms with E-state index in [0.717, 1.165) is 6.54 Å². The molecule has 0 N–H and O–H groups in total. The lowest BCUT2D eigenvalue weighted by molar-refractivity contribution is -0.384. The van der Waals surface area contributed by atoms with Crippen LogP contribution in [0, 0.1) is 10.1 Å². The second kappa shape index (κ2) is 4.09. The van der Waals surface area contributed by atoms with Gasteiger partial charge in [0.15, 0.2) is 0 Å². The van der Waals surface area contributed by atoms with Crippen molar-refractivity contribution < 1.29 is 4.92 Å². The number of benzene rings is 2. The molecule has 0 bridgehead atoms. The summed E-state index contributed by atoms with van der Waals surface area (Å²) in [7, 11) is 0. The third-order valence-corrected chi connectivity index (χ3v) is 3.72. The Hall–Kier alpha value is -2.36. The molecule has 1 heterocycles. The fourth-order valence-electron chi connectivity index (χ4n) is 2.51. The molecule has 1 atom stereocenters. The van der Waals surface area contributed by atoms with E-state index in [0.29, 0.717) is 5.69 Å². The normalized spacial score (nSPS) is 21.2. The maximum absolute atomic E-state index is 11.1. The maximum Gasteiger partial charge on any atom is 0.292 e. The van der Waals surface area contributed by atoms with Gasteiger partial charge in [-0.15, -0.1) is 0 Å². The molecule has 1 aliphatic rings. The molecule has 19 heavy (non-hydrogen) atoms. The van der Waals surface area contributed by atoms with Gasteiger partial charge in [0.25, 0.3) is 5.69 Å². The van der Waals surface area contributed by atoms with Crippen LogP contribution in [0.5, 0.6) is 0 Å². The van der Waals surface area contributed by atoms with Gasteiger partial charge in [0.05, 0.1) is 10.5 Å². The molecule has 0 spiro atoms. The molecule has 0 saturated carbocycles. The van der Waals surface area contributed by atoms with E-state index in [-0.39, 0.29) is 16.1 Å². The predicted octanol–water partition coefficient (Wildman–Crippen LogP) is 3.33. The lowest BCUT2D eigenvalue weighted by Crippen LogP contribution is -2.12. The third kappa shape index (κ3) is 1.85. The minimum Gasteiger partial charge on any atom is -0.352 e. The number of para-hydroxylation sites is 2. The summed E-state index contributed by atoms with van der Waals surface area (Å²) in [6.45, 7) is 2.92. The number of rotatable bonds is 3. The van der Waals surface area contributed by atoms with Crippen LogP contribution in [0.1, 0.15) is 12.5 Å². The molecule has 0 aromatic heterocycles. The molecule has 1 unspecified atom stereocenters. The molecule has 0 aliphatic carbocycles. The minimum absolute atomic E-state index is 0.132. The van der Waals surface area contributed by atoms with Crippen molar-refractivity contribution in [3.05, 3.63) is 70.3 Å². The van der Waals surface area contributed by atoms with Crippen molar-refractivity contribution in [3.8, 4) is 0 Å². The summed E-state index contributed by atoms with van der Waals surface area (Å²) in [4.78, 5) is 12.8. The lowest BCUT2D eigenvalue weighted by Gasteiger charge is -2.14. The van der Waals surface area contributed by atoms with Crippen molar-refractivity contribution in [2.75, 3.05) is 11.4 Å². The van der Waals surface area contributed by atoms with E-state index < -0.39 is 0 Å². The molecule has 96 valence electrons. The van der Waals surface area contributed by atoms with Gasteiger partial charge in [0, 0.05) is 12.6 Å². The highest BCUT2D eigenvalue weighted by atomic mass is 16.6. The van der Waals surface area contributed by atoms with Crippen LogP contribution in [-0.4, -0.2) is 11.5 Å². The van der Waals surface area contributed by atoms with Gasteiger partial charge in [0.2, 0.25) is 0 Å². The second-order valence-corrected chi connectivity index (χ2v) is 4.97. The molecule has 2 aromatic carbocycles. The summed E-state index contributed by atoms with van der Waals surface area (Å²) in [6, 6.07) is 17.0. The third-order valence-electron chi connectivity index (χ3n) is 3.72. The van der Waals surface area contributed by atoms with Gasteiger partial charge >= 0.3 is 0 Å². The zero-order valence-corrected chi connectivity index (χ0v) is 10.6. The highest BCUT2D eigenvalue weighted by molar-refractivity contribution is 5.70. The van der Waals surface area contributed by atoms with Crippen LogP contribution in [0.15, 0.2) is 54.6 Å². The van der Waals surface area contributed by atoms with Crippen molar-refractivity contribution in [1.29, 1.82) is 0 Å². The van der Waals surface area contributed by atoms with Crippen LogP contribution in [0.2, 0.25) is 0 Å². The Balaban J connectivity index is 1.97. The van der Waals surface area contributed by atoms with Gasteiger partial charge in [0.1, 0.15) is 5.69 Å². The first-order chi connectivity index (χ1) is 9.13. The fraction of sp³-hybridized carbons (Fsp3) is 0.200. The number of hydrogen-bond donors (Lipinski definition) is 0. The molecular formula is C15H14N2O2. The average molecular weight is 254 g/mol. The van der Waals surface area contributed by atoms with Gasteiger partial charge in [-0.1, -0.05) is 42.5 Å². The van der Waals surface area contributed by atoms with E-state index in [1.807, 2.05) is 30.3 Å². The van der Waals surface area contributed by atoms with Crippen molar-refractivity contribution in [2.45, 2.75) is 12.5 Å². The zero-order valence-electron chi connectivity index (χ0n) is 10.6. The molecule has 0 radical (unpaired) electrons. The molecule has 1 aliphatic heterocycles. The largest absolute Gasteiger partial charge is 0.352 e. The Morgan fingerprint density at radius 3 is 2.42 bits per heavy atom. The van der Waals surface area contributed by atoms with E-state index in [4.69, 9.17) is 0 Å². The number of nitro benzene ring substituents is 1. The smallest absolute Gasteiger partial charge is 0.292 e. The van der Waals surface area contributed by atoms with Gasteiger partial charge < -0.3 is 4.90 Å². The number of hydrogen-bond acceptors (Lipinski definition) is 3. The number of anilines is 1. The zero-order chi connectivity index (χ0) is 13.5. The van der Waals surface area contributed by atoms with Crippen LogP contribution in [0.4, 0.5) is 11.4 Å². The summed E-state index contributed by atoms with van der Waals surface area (Å²) in [5.41, 5.74) is 1.92. The second-order valence-electron chi connectivity index (χ2n) is 4.97. The van der Waals surface area contributed by atoms with E-state index in [2.05, 4.69) is 24.0 Å². The monoisotopic (exact) mass is 254 g/mol. The number of nitro groups is 1. The number of nitrogens with zero attached hydrogens (tertiary/aromatic N) is 2. The summed E-state index contributed by atoms with van der Waals surface area (Å²) in [5.74, 6) is 0. The first-order valence-corrected chi connectivity index (χ1v) is 6.19. The first-order valence-electron chi connectivity index (χ1n) is 6.19. The summed E-state index contributed by atoms with van der Waals surface area (Å²) < 4.78 is 0. The van der Waals surface area contributed by atoms with Gasteiger partial charge in [-0.2, -0.15) is 0 Å². The molecule has 4 heteroatoms.